The first-order valence-corrected chi connectivity index (χ1v) is 12.2. The summed E-state index contributed by atoms with van der Waals surface area (Å²) in [5, 5.41) is 3.81. The van der Waals surface area contributed by atoms with Crippen LogP contribution < -0.4 is 9.62 Å². The minimum atomic E-state index is -4.06. The monoisotopic (exact) mass is 493 g/mol. The lowest BCUT2D eigenvalue weighted by atomic mass is 10.2. The molecule has 1 amide bonds. The molecule has 0 unspecified atom stereocenters. The molecule has 11 heteroatoms. The van der Waals surface area contributed by atoms with Crippen molar-refractivity contribution in [3.8, 4) is 0 Å². The number of rotatable bonds is 10. The van der Waals surface area contributed by atoms with Gasteiger partial charge in [0.05, 0.1) is 5.69 Å². The van der Waals surface area contributed by atoms with E-state index in [4.69, 9.17) is 23.2 Å². The predicted octanol–water partition coefficient (Wildman–Crippen LogP) is 3.79. The quantitative estimate of drug-likeness (QED) is 0.511. The first-order valence-electron chi connectivity index (χ1n) is 8.86. The normalized spacial score (nSPS) is 11.5. The summed E-state index contributed by atoms with van der Waals surface area (Å²) in [4.78, 5) is 12.3. The summed E-state index contributed by atoms with van der Waals surface area (Å²) in [6.45, 7) is -0.235. The van der Waals surface area contributed by atoms with Gasteiger partial charge >= 0.3 is 10.2 Å². The Hall–Kier alpha value is -1.52. The van der Waals surface area contributed by atoms with Gasteiger partial charge in [-0.2, -0.15) is 24.5 Å². The van der Waals surface area contributed by atoms with E-state index in [1.165, 1.54) is 44.1 Å². The third kappa shape index (κ3) is 6.49. The molecule has 0 spiro atoms. The van der Waals surface area contributed by atoms with Crippen molar-refractivity contribution in [3.05, 3.63) is 63.9 Å². The zero-order chi connectivity index (χ0) is 22.3. The molecule has 0 radical (unpaired) electrons. The number of nitrogens with zero attached hydrogens (tertiary/aromatic N) is 2. The van der Waals surface area contributed by atoms with Gasteiger partial charge in [0.2, 0.25) is 5.91 Å². The van der Waals surface area contributed by atoms with Crippen LogP contribution in [0, 0.1) is 5.82 Å². The molecule has 0 aromatic heterocycles. The lowest BCUT2D eigenvalue weighted by Crippen LogP contribution is -2.46. The van der Waals surface area contributed by atoms with Crippen LogP contribution in [0.5, 0.6) is 0 Å². The smallest absolute Gasteiger partial charge is 0.304 e. The Labute approximate surface area is 190 Å². The number of para-hydroxylation sites is 1. The Morgan fingerprint density at radius 1 is 1.10 bits per heavy atom. The topological polar surface area (TPSA) is 69.7 Å². The molecule has 0 saturated carbocycles. The van der Waals surface area contributed by atoms with E-state index in [9.17, 15) is 17.6 Å². The van der Waals surface area contributed by atoms with Crippen molar-refractivity contribution in [2.75, 3.05) is 37.2 Å². The Morgan fingerprint density at radius 2 is 1.73 bits per heavy atom. The van der Waals surface area contributed by atoms with E-state index in [0.29, 0.717) is 28.1 Å². The van der Waals surface area contributed by atoms with Gasteiger partial charge in [0, 0.05) is 42.2 Å². The van der Waals surface area contributed by atoms with Crippen molar-refractivity contribution in [1.29, 1.82) is 0 Å². The van der Waals surface area contributed by atoms with Crippen LogP contribution in [-0.4, -0.2) is 51.6 Å². The molecule has 6 nitrogen and oxygen atoms in total. The summed E-state index contributed by atoms with van der Waals surface area (Å²) in [5.41, 5.74) is 0.629. The lowest BCUT2D eigenvalue weighted by molar-refractivity contribution is -0.119. The number of amides is 1. The van der Waals surface area contributed by atoms with Crippen LogP contribution in [-0.2, 0) is 20.8 Å². The predicted molar refractivity (Wildman–Crippen MR) is 122 cm³/mol. The maximum atomic E-state index is 14.2. The number of hydrogen-bond acceptors (Lipinski definition) is 4. The standard InChI is InChI=1S/C19H22Cl2FN3O3S2/c1-24(2)30(27,28)25(18-9-4-3-8-17(18)22)12-19(26)23-10-11-29-13-14-15(20)6-5-7-16(14)21/h3-9H,10-13H2,1-2H3,(H,23,26). The SMILES string of the molecule is CN(C)S(=O)(=O)N(CC(=O)NCCSCc1c(Cl)cccc1Cl)c1ccccc1F. The Bertz CT molecular complexity index is 970. The van der Waals surface area contributed by atoms with E-state index < -0.39 is 28.5 Å². The molecule has 0 atom stereocenters. The summed E-state index contributed by atoms with van der Waals surface area (Å²) in [6, 6.07) is 10.7. The second kappa shape index (κ2) is 11.2. The summed E-state index contributed by atoms with van der Waals surface area (Å²) >= 11 is 13.8. The lowest BCUT2D eigenvalue weighted by Gasteiger charge is -2.27. The zero-order valence-corrected chi connectivity index (χ0v) is 19.6. The van der Waals surface area contributed by atoms with Crippen LogP contribution in [0.1, 0.15) is 5.56 Å². The number of carbonyl (C=O) groups is 1. The molecular formula is C19H22Cl2FN3O3S2. The third-order valence-electron chi connectivity index (χ3n) is 4.02. The Balaban J connectivity index is 1.94. The minimum absolute atomic E-state index is 0.191. The molecule has 0 aliphatic carbocycles. The van der Waals surface area contributed by atoms with E-state index in [-0.39, 0.29) is 5.69 Å². The molecule has 0 fully saturated rings. The van der Waals surface area contributed by atoms with E-state index in [1.54, 1.807) is 18.2 Å². The molecule has 0 aliphatic heterocycles. The summed E-state index contributed by atoms with van der Waals surface area (Å²) in [7, 11) is -1.43. The first-order chi connectivity index (χ1) is 14.1. The van der Waals surface area contributed by atoms with E-state index in [0.717, 1.165) is 20.2 Å². The maximum Gasteiger partial charge on any atom is 0.304 e. The van der Waals surface area contributed by atoms with Gasteiger partial charge in [0.25, 0.3) is 0 Å². The van der Waals surface area contributed by atoms with Crippen molar-refractivity contribution in [1.82, 2.24) is 9.62 Å². The molecule has 0 aliphatic rings. The Morgan fingerprint density at radius 3 is 2.33 bits per heavy atom. The molecule has 0 bridgehead atoms. The van der Waals surface area contributed by atoms with Crippen LogP contribution >= 0.6 is 35.0 Å². The van der Waals surface area contributed by atoms with Crippen molar-refractivity contribution in [2.45, 2.75) is 5.75 Å². The van der Waals surface area contributed by atoms with Crippen molar-refractivity contribution < 1.29 is 17.6 Å². The fraction of sp³-hybridized carbons (Fsp3) is 0.316. The maximum absolute atomic E-state index is 14.2. The van der Waals surface area contributed by atoms with Gasteiger partial charge in [-0.15, -0.1) is 0 Å². The van der Waals surface area contributed by atoms with E-state index >= 15 is 0 Å². The molecular weight excluding hydrogens is 472 g/mol. The molecule has 1 N–H and O–H groups in total. The first kappa shape index (κ1) is 24.7. The number of anilines is 1. The number of carbonyl (C=O) groups excluding carboxylic acids is 1. The van der Waals surface area contributed by atoms with Gasteiger partial charge in [0.1, 0.15) is 12.4 Å². The fourth-order valence-electron chi connectivity index (χ4n) is 2.44. The van der Waals surface area contributed by atoms with Gasteiger partial charge in [-0.3, -0.25) is 4.79 Å². The van der Waals surface area contributed by atoms with Gasteiger partial charge in [0.15, 0.2) is 0 Å². The van der Waals surface area contributed by atoms with Gasteiger partial charge < -0.3 is 5.32 Å². The molecule has 0 saturated heterocycles. The van der Waals surface area contributed by atoms with Gasteiger partial charge in [-0.1, -0.05) is 41.4 Å². The van der Waals surface area contributed by atoms with Gasteiger partial charge in [-0.25, -0.2) is 8.70 Å². The second-order valence-electron chi connectivity index (χ2n) is 6.35. The highest BCUT2D eigenvalue weighted by atomic mass is 35.5. The second-order valence-corrected chi connectivity index (χ2v) is 10.3. The minimum Gasteiger partial charge on any atom is -0.354 e. The molecule has 30 heavy (non-hydrogen) atoms. The van der Waals surface area contributed by atoms with Gasteiger partial charge in [-0.05, 0) is 29.8 Å². The van der Waals surface area contributed by atoms with Crippen molar-refractivity contribution in [2.24, 2.45) is 0 Å². The van der Waals surface area contributed by atoms with Crippen LogP contribution in [0.2, 0.25) is 10.0 Å². The highest BCUT2D eigenvalue weighted by molar-refractivity contribution is 7.98. The highest BCUT2D eigenvalue weighted by Crippen LogP contribution is 2.28. The number of benzene rings is 2. The molecule has 0 heterocycles. The summed E-state index contributed by atoms with van der Waals surface area (Å²) in [5.74, 6) is -0.138. The summed E-state index contributed by atoms with van der Waals surface area (Å²) < 4.78 is 41.0. The highest BCUT2D eigenvalue weighted by Gasteiger charge is 2.29. The van der Waals surface area contributed by atoms with Crippen molar-refractivity contribution in [3.63, 3.8) is 0 Å². The third-order valence-corrected chi connectivity index (χ3v) is 7.52. The van der Waals surface area contributed by atoms with Crippen LogP contribution in [0.4, 0.5) is 10.1 Å². The number of nitrogens with one attached hydrogen (secondary N) is 1. The number of thioether (sulfide) groups is 1. The molecule has 2 aromatic carbocycles. The number of halogens is 3. The average molecular weight is 494 g/mol. The zero-order valence-electron chi connectivity index (χ0n) is 16.4. The van der Waals surface area contributed by atoms with Crippen LogP contribution in [0.3, 0.4) is 0 Å². The van der Waals surface area contributed by atoms with E-state index in [2.05, 4.69) is 5.32 Å². The van der Waals surface area contributed by atoms with Crippen molar-refractivity contribution >= 4 is 56.8 Å². The summed E-state index contributed by atoms with van der Waals surface area (Å²) in [6.07, 6.45) is 0. The van der Waals surface area contributed by atoms with Crippen LogP contribution in [0.25, 0.3) is 0 Å². The fourth-order valence-corrected chi connectivity index (χ4v) is 5.10. The Kier molecular flexibility index (Phi) is 9.24. The largest absolute Gasteiger partial charge is 0.354 e. The number of hydrogen-bond donors (Lipinski definition) is 1. The molecule has 164 valence electrons. The molecule has 2 rings (SSSR count). The van der Waals surface area contributed by atoms with E-state index in [1.807, 2.05) is 0 Å². The molecule has 2 aromatic rings. The van der Waals surface area contributed by atoms with Crippen LogP contribution in [0.15, 0.2) is 42.5 Å². The average Bonchev–Trinajstić information content (AvgIpc) is 2.68.